The average molecular weight is 297 g/mol. The van der Waals surface area contributed by atoms with Crippen molar-refractivity contribution < 1.29 is 0 Å². The maximum atomic E-state index is 5.98. The lowest BCUT2D eigenvalue weighted by Crippen LogP contribution is -2.36. The molecule has 0 N–H and O–H groups in total. The summed E-state index contributed by atoms with van der Waals surface area (Å²) in [7, 11) is 0. The highest BCUT2D eigenvalue weighted by Crippen LogP contribution is 2.25. The number of piperidine rings is 1. The van der Waals surface area contributed by atoms with Gasteiger partial charge < -0.3 is 0 Å². The molecule has 1 unspecified atom stereocenters. The van der Waals surface area contributed by atoms with Crippen LogP contribution in [0, 0.1) is 5.92 Å². The largest absolute Gasteiger partial charge is 0.298 e. The highest BCUT2D eigenvalue weighted by atomic mass is 35.5. The van der Waals surface area contributed by atoms with Crippen molar-refractivity contribution in [1.29, 1.82) is 0 Å². The summed E-state index contributed by atoms with van der Waals surface area (Å²) in [6, 6.07) is 4.12. The van der Waals surface area contributed by atoms with Gasteiger partial charge in [0.2, 0.25) is 0 Å². The Balaban J connectivity index is 1.55. The molecule has 2 aromatic heterocycles. The van der Waals surface area contributed by atoms with Crippen LogP contribution in [-0.4, -0.2) is 32.8 Å². The summed E-state index contributed by atoms with van der Waals surface area (Å²) < 4.78 is 2.82. The van der Waals surface area contributed by atoms with Crippen molar-refractivity contribution in [3.8, 4) is 0 Å². The maximum Gasteiger partial charge on any atom is 0.137 e. The number of aromatic nitrogens is 3. The third-order valence-electron chi connectivity index (χ3n) is 3.52. The van der Waals surface area contributed by atoms with Crippen LogP contribution in [0.25, 0.3) is 0 Å². The van der Waals surface area contributed by atoms with E-state index in [2.05, 4.69) is 21.0 Å². The van der Waals surface area contributed by atoms with Crippen LogP contribution in [0.4, 0.5) is 0 Å². The van der Waals surface area contributed by atoms with Gasteiger partial charge in [0.1, 0.15) is 12.7 Å². The summed E-state index contributed by atoms with van der Waals surface area (Å²) in [6.07, 6.45) is 5.95. The minimum absolute atomic E-state index is 0.672. The van der Waals surface area contributed by atoms with E-state index in [1.165, 1.54) is 24.3 Å². The molecule has 3 rings (SSSR count). The lowest BCUT2D eigenvalue weighted by atomic mass is 9.98. The zero-order chi connectivity index (χ0) is 13.1. The van der Waals surface area contributed by atoms with E-state index in [0.717, 1.165) is 24.0 Å². The molecule has 0 spiro atoms. The van der Waals surface area contributed by atoms with Crippen molar-refractivity contribution in [3.05, 3.63) is 34.0 Å². The van der Waals surface area contributed by atoms with Gasteiger partial charge in [-0.15, -0.1) is 11.3 Å². The molecular weight excluding hydrogens is 280 g/mol. The first kappa shape index (κ1) is 13.1. The van der Waals surface area contributed by atoms with Gasteiger partial charge >= 0.3 is 0 Å². The van der Waals surface area contributed by atoms with Crippen molar-refractivity contribution in [2.75, 3.05) is 13.1 Å². The van der Waals surface area contributed by atoms with Gasteiger partial charge in [0.25, 0.3) is 0 Å². The van der Waals surface area contributed by atoms with E-state index in [1.54, 1.807) is 24.0 Å². The number of likely N-dealkylation sites (tertiary alicyclic amines) is 1. The Hall–Kier alpha value is -0.910. The molecule has 0 aromatic carbocycles. The van der Waals surface area contributed by atoms with Crippen LogP contribution < -0.4 is 0 Å². The smallest absolute Gasteiger partial charge is 0.137 e. The Morgan fingerprint density at radius 2 is 2.37 bits per heavy atom. The zero-order valence-corrected chi connectivity index (χ0v) is 12.3. The topological polar surface area (TPSA) is 34.0 Å². The molecule has 102 valence electrons. The van der Waals surface area contributed by atoms with Crippen LogP contribution in [0.5, 0.6) is 0 Å². The van der Waals surface area contributed by atoms with E-state index in [0.29, 0.717) is 5.92 Å². The van der Waals surface area contributed by atoms with E-state index in [4.69, 9.17) is 11.6 Å². The van der Waals surface area contributed by atoms with Gasteiger partial charge in [-0.2, -0.15) is 5.10 Å². The van der Waals surface area contributed by atoms with Crippen LogP contribution in [0.2, 0.25) is 4.34 Å². The van der Waals surface area contributed by atoms with Crippen molar-refractivity contribution in [2.45, 2.75) is 25.9 Å². The molecule has 19 heavy (non-hydrogen) atoms. The molecule has 4 nitrogen and oxygen atoms in total. The maximum absolute atomic E-state index is 5.98. The summed E-state index contributed by atoms with van der Waals surface area (Å²) >= 11 is 7.67. The fourth-order valence-corrected chi connectivity index (χ4v) is 3.82. The van der Waals surface area contributed by atoms with Crippen LogP contribution in [0.1, 0.15) is 17.7 Å². The molecule has 6 heteroatoms. The third kappa shape index (κ3) is 3.55. The van der Waals surface area contributed by atoms with Crippen molar-refractivity contribution in [2.24, 2.45) is 5.92 Å². The Kier molecular flexibility index (Phi) is 4.15. The first-order chi connectivity index (χ1) is 9.29. The molecule has 2 aromatic rings. The second-order valence-electron chi connectivity index (χ2n) is 5.07. The SMILES string of the molecule is Clc1ccc(CN2CCCC(Cn3cncn3)C2)s1. The Morgan fingerprint density at radius 1 is 1.42 bits per heavy atom. The van der Waals surface area contributed by atoms with Gasteiger partial charge in [-0.1, -0.05) is 11.6 Å². The second-order valence-corrected chi connectivity index (χ2v) is 6.87. The minimum atomic E-state index is 0.672. The van der Waals surface area contributed by atoms with Crippen LogP contribution >= 0.6 is 22.9 Å². The molecule has 1 saturated heterocycles. The predicted octanol–water partition coefficient (Wildman–Crippen LogP) is 2.91. The van der Waals surface area contributed by atoms with Gasteiger partial charge in [0.05, 0.1) is 4.34 Å². The fraction of sp³-hybridized carbons (Fsp3) is 0.538. The van der Waals surface area contributed by atoms with Crippen molar-refractivity contribution in [3.63, 3.8) is 0 Å². The summed E-state index contributed by atoms with van der Waals surface area (Å²) in [5.41, 5.74) is 0. The van der Waals surface area contributed by atoms with Gasteiger partial charge in [0, 0.05) is 24.5 Å². The standard InChI is InChI=1S/C13H17ClN4S/c14-13-4-3-12(19-13)8-17-5-1-2-11(6-17)7-18-10-15-9-16-18/h3-4,9-11H,1-2,5-8H2. The Labute approximate surface area is 122 Å². The van der Waals surface area contributed by atoms with Gasteiger partial charge in [-0.25, -0.2) is 4.98 Å². The lowest BCUT2D eigenvalue weighted by Gasteiger charge is -2.32. The lowest BCUT2D eigenvalue weighted by molar-refractivity contribution is 0.154. The molecule has 1 aliphatic heterocycles. The fourth-order valence-electron chi connectivity index (χ4n) is 2.69. The number of nitrogens with zero attached hydrogens (tertiary/aromatic N) is 4. The number of hydrogen-bond acceptors (Lipinski definition) is 4. The molecule has 1 fully saturated rings. The van der Waals surface area contributed by atoms with Gasteiger partial charge in [-0.05, 0) is 37.4 Å². The molecule has 0 radical (unpaired) electrons. The van der Waals surface area contributed by atoms with Gasteiger partial charge in [-0.3, -0.25) is 9.58 Å². The van der Waals surface area contributed by atoms with Crippen LogP contribution in [0.3, 0.4) is 0 Å². The number of halogens is 1. The molecule has 0 bridgehead atoms. The first-order valence-electron chi connectivity index (χ1n) is 6.58. The Bertz CT molecular complexity index is 510. The summed E-state index contributed by atoms with van der Waals surface area (Å²) in [5.74, 6) is 0.672. The van der Waals surface area contributed by atoms with E-state index in [1.807, 2.05) is 10.7 Å². The summed E-state index contributed by atoms with van der Waals surface area (Å²) in [6.45, 7) is 4.31. The Morgan fingerprint density at radius 3 is 3.11 bits per heavy atom. The zero-order valence-electron chi connectivity index (χ0n) is 10.7. The number of rotatable bonds is 4. The molecule has 1 atom stereocenters. The highest BCUT2D eigenvalue weighted by Gasteiger charge is 2.20. The van der Waals surface area contributed by atoms with Crippen molar-refractivity contribution >= 4 is 22.9 Å². The van der Waals surface area contributed by atoms with E-state index >= 15 is 0 Å². The van der Waals surface area contributed by atoms with E-state index in [9.17, 15) is 0 Å². The minimum Gasteiger partial charge on any atom is -0.298 e. The normalized spacial score (nSPS) is 20.8. The molecule has 0 saturated carbocycles. The second kappa shape index (κ2) is 6.03. The number of hydrogen-bond donors (Lipinski definition) is 0. The third-order valence-corrected chi connectivity index (χ3v) is 4.74. The summed E-state index contributed by atoms with van der Waals surface area (Å²) in [4.78, 5) is 7.88. The van der Waals surface area contributed by atoms with E-state index < -0.39 is 0 Å². The molecule has 1 aliphatic rings. The van der Waals surface area contributed by atoms with Crippen molar-refractivity contribution in [1.82, 2.24) is 19.7 Å². The van der Waals surface area contributed by atoms with Gasteiger partial charge in [0.15, 0.2) is 0 Å². The molecule has 3 heterocycles. The average Bonchev–Trinajstić information content (AvgIpc) is 3.02. The summed E-state index contributed by atoms with van der Waals surface area (Å²) in [5, 5.41) is 4.19. The first-order valence-corrected chi connectivity index (χ1v) is 7.78. The molecule has 0 amide bonds. The quantitative estimate of drug-likeness (QED) is 0.870. The van der Waals surface area contributed by atoms with Crippen LogP contribution in [0.15, 0.2) is 24.8 Å². The number of thiophene rings is 1. The highest BCUT2D eigenvalue weighted by molar-refractivity contribution is 7.16. The molecule has 0 aliphatic carbocycles. The molecular formula is C13H17ClN4S. The predicted molar refractivity (Wildman–Crippen MR) is 77.4 cm³/mol. The van der Waals surface area contributed by atoms with Crippen LogP contribution in [-0.2, 0) is 13.1 Å². The van der Waals surface area contributed by atoms with E-state index in [-0.39, 0.29) is 0 Å². The monoisotopic (exact) mass is 296 g/mol.